The SMILES string of the molecule is CN=C(NCc1ccc(N2CCN(C)CC2)nc1)NCC1(N2CCOCC2)CCCCC1. The number of aromatic nitrogens is 1. The van der Waals surface area contributed by atoms with E-state index in [2.05, 4.69) is 49.5 Å². The van der Waals surface area contributed by atoms with Gasteiger partial charge in [0.25, 0.3) is 0 Å². The molecule has 0 atom stereocenters. The van der Waals surface area contributed by atoms with Crippen molar-refractivity contribution >= 4 is 11.8 Å². The maximum Gasteiger partial charge on any atom is 0.191 e. The Balaban J connectivity index is 1.28. The number of hydrogen-bond donors (Lipinski definition) is 2. The lowest BCUT2D eigenvalue weighted by molar-refractivity contribution is -0.0352. The van der Waals surface area contributed by atoms with Gasteiger partial charge in [0.1, 0.15) is 5.82 Å². The first-order valence-corrected chi connectivity index (χ1v) is 12.3. The third-order valence-electron chi connectivity index (χ3n) is 7.37. The van der Waals surface area contributed by atoms with Crippen LogP contribution in [0.1, 0.15) is 37.7 Å². The lowest BCUT2D eigenvalue weighted by Crippen LogP contribution is -2.60. The number of pyridine rings is 1. The van der Waals surface area contributed by atoms with E-state index in [0.29, 0.717) is 0 Å². The summed E-state index contributed by atoms with van der Waals surface area (Å²) in [6.45, 7) is 9.73. The molecule has 1 aliphatic carbocycles. The Morgan fingerprint density at radius 3 is 2.44 bits per heavy atom. The molecule has 2 aliphatic heterocycles. The Bertz CT molecular complexity index is 718. The van der Waals surface area contributed by atoms with Gasteiger partial charge in [0.15, 0.2) is 5.96 Å². The van der Waals surface area contributed by atoms with E-state index in [-0.39, 0.29) is 5.54 Å². The molecule has 3 fully saturated rings. The molecular formula is C24H41N7O. The van der Waals surface area contributed by atoms with Crippen LogP contribution in [0.3, 0.4) is 0 Å². The Labute approximate surface area is 193 Å². The van der Waals surface area contributed by atoms with Gasteiger partial charge in [-0.25, -0.2) is 4.98 Å². The summed E-state index contributed by atoms with van der Waals surface area (Å²) in [6, 6.07) is 4.32. The molecular weight excluding hydrogens is 402 g/mol. The highest BCUT2D eigenvalue weighted by molar-refractivity contribution is 5.79. The fourth-order valence-electron chi connectivity index (χ4n) is 5.25. The first-order chi connectivity index (χ1) is 15.7. The van der Waals surface area contributed by atoms with Crippen molar-refractivity contribution in [3.05, 3.63) is 23.9 Å². The molecule has 32 heavy (non-hydrogen) atoms. The second kappa shape index (κ2) is 11.3. The van der Waals surface area contributed by atoms with Crippen molar-refractivity contribution in [1.29, 1.82) is 0 Å². The predicted octanol–water partition coefficient (Wildman–Crippen LogP) is 1.53. The van der Waals surface area contributed by atoms with E-state index in [4.69, 9.17) is 9.72 Å². The van der Waals surface area contributed by atoms with Crippen LogP contribution < -0.4 is 15.5 Å². The molecule has 8 nitrogen and oxygen atoms in total. The third kappa shape index (κ3) is 5.91. The van der Waals surface area contributed by atoms with Gasteiger partial charge in [-0.15, -0.1) is 0 Å². The van der Waals surface area contributed by atoms with Crippen LogP contribution in [0.25, 0.3) is 0 Å². The normalized spacial score (nSPS) is 23.2. The number of morpholine rings is 1. The zero-order chi connectivity index (χ0) is 22.2. The Morgan fingerprint density at radius 2 is 1.78 bits per heavy atom. The van der Waals surface area contributed by atoms with E-state index < -0.39 is 0 Å². The average molecular weight is 444 g/mol. The van der Waals surface area contributed by atoms with Gasteiger partial charge >= 0.3 is 0 Å². The number of hydrogen-bond acceptors (Lipinski definition) is 6. The molecule has 0 amide bonds. The molecule has 0 bridgehead atoms. The lowest BCUT2D eigenvalue weighted by Gasteiger charge is -2.48. The van der Waals surface area contributed by atoms with Gasteiger partial charge in [-0.2, -0.15) is 0 Å². The van der Waals surface area contributed by atoms with Crippen LogP contribution >= 0.6 is 0 Å². The van der Waals surface area contributed by atoms with Crippen molar-refractivity contribution in [2.24, 2.45) is 4.99 Å². The van der Waals surface area contributed by atoms with E-state index in [0.717, 1.165) is 77.3 Å². The van der Waals surface area contributed by atoms with Crippen molar-refractivity contribution in [2.45, 2.75) is 44.2 Å². The number of nitrogens with one attached hydrogen (secondary N) is 2. The molecule has 0 unspecified atom stereocenters. The number of piperazine rings is 1. The highest BCUT2D eigenvalue weighted by Gasteiger charge is 2.38. The summed E-state index contributed by atoms with van der Waals surface area (Å²) in [5, 5.41) is 7.12. The number of likely N-dealkylation sites (N-methyl/N-ethyl adjacent to an activating group) is 1. The molecule has 1 saturated carbocycles. The first kappa shape index (κ1) is 23.3. The fourth-order valence-corrected chi connectivity index (χ4v) is 5.25. The van der Waals surface area contributed by atoms with E-state index in [1.165, 1.54) is 37.7 Å². The molecule has 1 aromatic heterocycles. The molecule has 8 heteroatoms. The number of nitrogens with zero attached hydrogens (tertiary/aromatic N) is 5. The predicted molar refractivity (Wildman–Crippen MR) is 130 cm³/mol. The molecule has 2 saturated heterocycles. The summed E-state index contributed by atoms with van der Waals surface area (Å²) in [4.78, 5) is 16.6. The van der Waals surface area contributed by atoms with Crippen molar-refractivity contribution in [2.75, 3.05) is 78.0 Å². The molecule has 0 radical (unpaired) electrons. The Hall–Kier alpha value is -1.90. The lowest BCUT2D eigenvalue weighted by atomic mass is 9.80. The van der Waals surface area contributed by atoms with Gasteiger partial charge < -0.3 is 25.2 Å². The monoisotopic (exact) mass is 443 g/mol. The Kier molecular flexibility index (Phi) is 8.21. The summed E-state index contributed by atoms with van der Waals surface area (Å²) >= 11 is 0. The number of guanidine groups is 1. The Morgan fingerprint density at radius 1 is 1.03 bits per heavy atom. The van der Waals surface area contributed by atoms with Crippen LogP contribution in [0.4, 0.5) is 5.82 Å². The van der Waals surface area contributed by atoms with Crippen LogP contribution in [0.2, 0.25) is 0 Å². The van der Waals surface area contributed by atoms with Gasteiger partial charge in [-0.1, -0.05) is 25.3 Å². The highest BCUT2D eigenvalue weighted by Crippen LogP contribution is 2.33. The molecule has 1 aromatic rings. The minimum atomic E-state index is 0.228. The van der Waals surface area contributed by atoms with Crippen molar-refractivity contribution < 1.29 is 4.74 Å². The van der Waals surface area contributed by atoms with Crippen LogP contribution in [0, 0.1) is 0 Å². The van der Waals surface area contributed by atoms with Gasteiger partial charge in [-0.05, 0) is 31.5 Å². The van der Waals surface area contributed by atoms with Gasteiger partial charge in [0.2, 0.25) is 0 Å². The van der Waals surface area contributed by atoms with E-state index in [9.17, 15) is 0 Å². The van der Waals surface area contributed by atoms with Crippen LogP contribution in [-0.2, 0) is 11.3 Å². The maximum atomic E-state index is 5.61. The van der Waals surface area contributed by atoms with Crippen molar-refractivity contribution in [3.8, 4) is 0 Å². The fraction of sp³-hybridized carbons (Fsp3) is 0.750. The standard InChI is InChI=1S/C24H41N7O/c1-25-23(28-20-24(8-4-3-5-9-24)31-14-16-32-17-15-31)27-19-21-6-7-22(26-18-21)30-12-10-29(2)11-13-30/h6-7,18H,3-5,8-17,19-20H2,1-2H3,(H2,25,27,28). The van der Waals surface area contributed by atoms with Gasteiger partial charge in [-0.3, -0.25) is 9.89 Å². The number of rotatable bonds is 6. The summed E-state index contributed by atoms with van der Waals surface area (Å²) < 4.78 is 5.61. The van der Waals surface area contributed by atoms with Crippen molar-refractivity contribution in [1.82, 2.24) is 25.4 Å². The molecule has 2 N–H and O–H groups in total. The molecule has 3 aliphatic rings. The van der Waals surface area contributed by atoms with Crippen LogP contribution in [-0.4, -0.2) is 99.4 Å². The quantitative estimate of drug-likeness (QED) is 0.511. The van der Waals surface area contributed by atoms with Gasteiger partial charge in [0, 0.05) is 71.1 Å². The average Bonchev–Trinajstić information content (AvgIpc) is 2.86. The zero-order valence-corrected chi connectivity index (χ0v) is 20.0. The van der Waals surface area contributed by atoms with E-state index >= 15 is 0 Å². The minimum Gasteiger partial charge on any atom is -0.379 e. The zero-order valence-electron chi connectivity index (χ0n) is 20.0. The van der Waals surface area contributed by atoms with E-state index in [1.54, 1.807) is 0 Å². The van der Waals surface area contributed by atoms with Crippen molar-refractivity contribution in [3.63, 3.8) is 0 Å². The molecule has 4 rings (SSSR count). The molecule has 178 valence electrons. The topological polar surface area (TPSA) is 68.3 Å². The summed E-state index contributed by atoms with van der Waals surface area (Å²) in [6.07, 6.45) is 8.50. The van der Waals surface area contributed by atoms with Crippen LogP contribution in [0.15, 0.2) is 23.3 Å². The molecule has 3 heterocycles. The first-order valence-electron chi connectivity index (χ1n) is 12.3. The second-order valence-electron chi connectivity index (χ2n) is 9.48. The largest absolute Gasteiger partial charge is 0.379 e. The summed E-state index contributed by atoms with van der Waals surface area (Å²) in [5.74, 6) is 1.94. The maximum absolute atomic E-state index is 5.61. The highest BCUT2D eigenvalue weighted by atomic mass is 16.5. The second-order valence-corrected chi connectivity index (χ2v) is 9.48. The number of ether oxygens (including phenoxy) is 1. The third-order valence-corrected chi connectivity index (χ3v) is 7.37. The minimum absolute atomic E-state index is 0.228. The summed E-state index contributed by atoms with van der Waals surface area (Å²) in [7, 11) is 4.03. The summed E-state index contributed by atoms with van der Waals surface area (Å²) in [5.41, 5.74) is 1.40. The molecule has 0 aromatic carbocycles. The number of anilines is 1. The van der Waals surface area contributed by atoms with E-state index in [1.807, 2.05) is 13.2 Å². The molecule has 0 spiro atoms. The van der Waals surface area contributed by atoms with Gasteiger partial charge in [0.05, 0.1) is 13.2 Å². The smallest absolute Gasteiger partial charge is 0.191 e. The van der Waals surface area contributed by atoms with Crippen LogP contribution in [0.5, 0.6) is 0 Å². The number of aliphatic imine (C=N–C) groups is 1.